The molecule has 0 aliphatic carbocycles. The number of ether oxygens (including phenoxy) is 1. The first-order chi connectivity index (χ1) is 13.4. The van der Waals surface area contributed by atoms with Crippen LogP contribution >= 0.6 is 7.26 Å². The molecule has 29 heavy (non-hydrogen) atoms. The molecule has 0 heterocycles. The minimum absolute atomic E-state index is 0. The molecule has 0 spiro atoms. The number of carbonyl (C=O) groups is 1. The van der Waals surface area contributed by atoms with Crippen molar-refractivity contribution in [2.45, 2.75) is 32.8 Å². The van der Waals surface area contributed by atoms with Crippen LogP contribution < -0.4 is 32.9 Å². The van der Waals surface area contributed by atoms with E-state index in [-0.39, 0.29) is 23.0 Å². The molecule has 0 aliphatic rings. The normalized spacial score (nSPS) is 11.4. The molecule has 3 aromatic rings. The minimum atomic E-state index is -1.97. The fourth-order valence-corrected chi connectivity index (χ4v) is 7.76. The molecule has 0 fully saturated rings. The summed E-state index contributed by atoms with van der Waals surface area (Å²) >= 11 is 0. The topological polar surface area (TPSA) is 26.3 Å². The van der Waals surface area contributed by atoms with Crippen molar-refractivity contribution < 1.29 is 26.5 Å². The van der Waals surface area contributed by atoms with E-state index in [0.29, 0.717) is 6.42 Å². The summed E-state index contributed by atoms with van der Waals surface area (Å²) in [6.45, 7) is 5.75. The Morgan fingerprint density at radius 1 is 0.724 bits per heavy atom. The molecule has 0 unspecified atom stereocenters. The molecular weight excluding hydrogens is 443 g/mol. The molecule has 3 rings (SSSR count). The van der Waals surface area contributed by atoms with Crippen molar-refractivity contribution in [3.05, 3.63) is 91.0 Å². The van der Waals surface area contributed by atoms with Crippen LogP contribution in [0.1, 0.15) is 27.2 Å². The van der Waals surface area contributed by atoms with Gasteiger partial charge in [-0.3, -0.25) is 4.79 Å². The van der Waals surface area contributed by atoms with Gasteiger partial charge < -0.3 is 21.7 Å². The molecular formula is C25H28BrO2P. The van der Waals surface area contributed by atoms with Gasteiger partial charge in [0.1, 0.15) is 28.8 Å². The van der Waals surface area contributed by atoms with Crippen LogP contribution in [-0.2, 0) is 9.53 Å². The van der Waals surface area contributed by atoms with Gasteiger partial charge in [-0.05, 0) is 57.2 Å². The van der Waals surface area contributed by atoms with Crippen molar-refractivity contribution >= 4 is 29.1 Å². The molecule has 0 N–H and O–H groups in total. The van der Waals surface area contributed by atoms with Gasteiger partial charge in [-0.15, -0.1) is 0 Å². The summed E-state index contributed by atoms with van der Waals surface area (Å²) in [6.07, 6.45) is 1.14. The van der Waals surface area contributed by atoms with Crippen LogP contribution in [-0.4, -0.2) is 17.7 Å². The molecule has 0 atom stereocenters. The Bertz CT molecular complexity index is 794. The molecule has 152 valence electrons. The van der Waals surface area contributed by atoms with Crippen molar-refractivity contribution in [1.82, 2.24) is 0 Å². The zero-order valence-corrected chi connectivity index (χ0v) is 19.7. The Morgan fingerprint density at radius 3 is 1.38 bits per heavy atom. The maximum Gasteiger partial charge on any atom is 0.310 e. The van der Waals surface area contributed by atoms with Gasteiger partial charge in [0.2, 0.25) is 0 Å². The Hall–Kier alpha value is -1.96. The quantitative estimate of drug-likeness (QED) is 0.405. The summed E-state index contributed by atoms with van der Waals surface area (Å²) in [5.41, 5.74) is -0.468. The third-order valence-corrected chi connectivity index (χ3v) is 9.10. The van der Waals surface area contributed by atoms with E-state index in [9.17, 15) is 4.79 Å². The van der Waals surface area contributed by atoms with Gasteiger partial charge in [-0.25, -0.2) is 0 Å². The van der Waals surface area contributed by atoms with Gasteiger partial charge >= 0.3 is 5.97 Å². The standard InChI is InChI=1S/C25H28O2P.BrH/c1-25(2,3)27-24(26)19-20-28(21-13-7-4-8-14-21,22-15-9-5-10-16-22)23-17-11-6-12-18-23;/h4-18H,19-20H2,1-3H3;1H/q+1;/p-1. The second-order valence-corrected chi connectivity index (χ2v) is 11.5. The lowest BCUT2D eigenvalue weighted by atomic mass is 10.2. The van der Waals surface area contributed by atoms with Crippen LogP contribution in [0.5, 0.6) is 0 Å². The van der Waals surface area contributed by atoms with Gasteiger partial charge in [-0.2, -0.15) is 0 Å². The lowest BCUT2D eigenvalue weighted by Crippen LogP contribution is -3.00. The molecule has 0 saturated carbocycles. The Labute approximate surface area is 185 Å². The number of benzene rings is 3. The predicted molar refractivity (Wildman–Crippen MR) is 120 cm³/mol. The van der Waals surface area contributed by atoms with E-state index in [1.165, 1.54) is 15.9 Å². The number of hydrogen-bond donors (Lipinski definition) is 0. The third kappa shape index (κ3) is 5.78. The van der Waals surface area contributed by atoms with E-state index in [2.05, 4.69) is 72.8 Å². The summed E-state index contributed by atoms with van der Waals surface area (Å²) in [5, 5.41) is 3.86. The first-order valence-electron chi connectivity index (χ1n) is 9.69. The molecule has 4 heteroatoms. The summed E-state index contributed by atoms with van der Waals surface area (Å²) in [4.78, 5) is 12.6. The average molecular weight is 471 g/mol. The van der Waals surface area contributed by atoms with Gasteiger partial charge in [0, 0.05) is 0 Å². The van der Waals surface area contributed by atoms with E-state index in [1.807, 2.05) is 39.0 Å². The summed E-state index contributed by atoms with van der Waals surface area (Å²) in [7, 11) is -1.97. The SMILES string of the molecule is CC(C)(C)OC(=O)CC[P+](c1ccccc1)(c1ccccc1)c1ccccc1.[Br-]. The highest BCUT2D eigenvalue weighted by atomic mass is 79.9. The number of carbonyl (C=O) groups excluding carboxylic acids is 1. The molecule has 0 aliphatic heterocycles. The number of rotatable bonds is 6. The van der Waals surface area contributed by atoms with Crippen LogP contribution in [0.15, 0.2) is 91.0 Å². The van der Waals surface area contributed by atoms with Crippen molar-refractivity contribution in [3.63, 3.8) is 0 Å². The highest BCUT2D eigenvalue weighted by Crippen LogP contribution is 2.55. The highest BCUT2D eigenvalue weighted by molar-refractivity contribution is 7.95. The zero-order chi connectivity index (χ0) is 20.0. The first kappa shape index (κ1) is 23.3. The monoisotopic (exact) mass is 470 g/mol. The second kappa shape index (κ2) is 10.2. The van der Waals surface area contributed by atoms with Crippen molar-refractivity contribution in [3.8, 4) is 0 Å². The first-order valence-corrected chi connectivity index (χ1v) is 11.7. The maximum absolute atomic E-state index is 12.6. The van der Waals surface area contributed by atoms with Gasteiger partial charge in [0.15, 0.2) is 0 Å². The van der Waals surface area contributed by atoms with E-state index >= 15 is 0 Å². The molecule has 0 saturated heterocycles. The van der Waals surface area contributed by atoms with E-state index in [4.69, 9.17) is 4.74 Å². The Morgan fingerprint density at radius 2 is 1.07 bits per heavy atom. The molecule has 0 bridgehead atoms. The summed E-state index contributed by atoms with van der Waals surface area (Å²) in [6, 6.07) is 31.8. The van der Waals surface area contributed by atoms with Crippen molar-refractivity contribution in [2.24, 2.45) is 0 Å². The predicted octanol–water partition coefficient (Wildman–Crippen LogP) is 1.72. The van der Waals surface area contributed by atoms with Crippen molar-refractivity contribution in [2.75, 3.05) is 6.16 Å². The van der Waals surface area contributed by atoms with Gasteiger partial charge in [0.25, 0.3) is 0 Å². The number of hydrogen-bond acceptors (Lipinski definition) is 2. The third-order valence-electron chi connectivity index (χ3n) is 4.66. The van der Waals surface area contributed by atoms with Gasteiger partial charge in [-0.1, -0.05) is 54.6 Å². The summed E-state index contributed by atoms with van der Waals surface area (Å²) < 4.78 is 5.62. The lowest BCUT2D eigenvalue weighted by Gasteiger charge is -2.28. The average Bonchev–Trinajstić information content (AvgIpc) is 2.70. The zero-order valence-electron chi connectivity index (χ0n) is 17.2. The van der Waals surface area contributed by atoms with Crippen LogP contribution in [0.4, 0.5) is 0 Å². The van der Waals surface area contributed by atoms with Gasteiger partial charge in [0.05, 0.1) is 12.6 Å². The van der Waals surface area contributed by atoms with Crippen LogP contribution in [0.25, 0.3) is 0 Å². The second-order valence-electron chi connectivity index (χ2n) is 7.88. The van der Waals surface area contributed by atoms with Crippen molar-refractivity contribution in [1.29, 1.82) is 0 Å². The van der Waals surface area contributed by atoms with Crippen LogP contribution in [0.3, 0.4) is 0 Å². The van der Waals surface area contributed by atoms with E-state index in [0.717, 1.165) is 6.16 Å². The number of esters is 1. The van der Waals surface area contributed by atoms with E-state index in [1.54, 1.807) is 0 Å². The smallest absolute Gasteiger partial charge is 0.310 e. The molecule has 2 nitrogen and oxygen atoms in total. The molecule has 0 amide bonds. The maximum atomic E-state index is 12.6. The van der Waals surface area contributed by atoms with E-state index < -0.39 is 12.9 Å². The number of halogens is 1. The largest absolute Gasteiger partial charge is 1.00 e. The molecule has 0 radical (unpaired) electrons. The Kier molecular flexibility index (Phi) is 8.19. The highest BCUT2D eigenvalue weighted by Gasteiger charge is 2.45. The minimum Gasteiger partial charge on any atom is -1.00 e. The fourth-order valence-electron chi connectivity index (χ4n) is 3.53. The lowest BCUT2D eigenvalue weighted by molar-refractivity contribution is -0.154. The molecule has 0 aromatic heterocycles. The summed E-state index contributed by atoms with van der Waals surface area (Å²) in [5.74, 6) is -0.139. The van der Waals surface area contributed by atoms with Crippen LogP contribution in [0.2, 0.25) is 0 Å². The van der Waals surface area contributed by atoms with Crippen LogP contribution in [0, 0.1) is 0 Å². The molecule has 3 aromatic carbocycles. The fraction of sp³-hybridized carbons (Fsp3) is 0.240. The Balaban J connectivity index is 0.00000300.